The predicted molar refractivity (Wildman–Crippen MR) is 88.9 cm³/mol. The van der Waals surface area contributed by atoms with Gasteiger partial charge in [-0.1, -0.05) is 55.3 Å². The maximum Gasteiger partial charge on any atom is 0 e. The van der Waals surface area contributed by atoms with Crippen LogP contribution in [-0.2, 0) is 32.6 Å². The molecule has 0 bridgehead atoms. The molecule has 20 heavy (non-hydrogen) atoms. The van der Waals surface area contributed by atoms with E-state index in [9.17, 15) is 0 Å². The number of rotatable bonds is 2. The SMILES string of the molecule is CC[c-]1cc(-c2ccccc2)c2ccccc21.Cl.Cl.[Zr]. The zero-order valence-corrected chi connectivity index (χ0v) is 15.4. The molecule has 0 heterocycles. The Balaban J connectivity index is 0.00000120. The van der Waals surface area contributed by atoms with Crippen molar-refractivity contribution < 1.29 is 26.2 Å². The Kier molecular flexibility index (Phi) is 8.51. The van der Waals surface area contributed by atoms with Gasteiger partial charge in [0, 0.05) is 26.2 Å². The third-order valence-corrected chi connectivity index (χ3v) is 3.35. The zero-order chi connectivity index (χ0) is 11.7. The van der Waals surface area contributed by atoms with E-state index in [4.69, 9.17) is 0 Å². The molecule has 3 aromatic carbocycles. The monoisotopic (exact) mass is 381 g/mol. The summed E-state index contributed by atoms with van der Waals surface area (Å²) in [7, 11) is 0. The zero-order valence-electron chi connectivity index (χ0n) is 11.3. The molecule has 104 valence electrons. The topological polar surface area (TPSA) is 0 Å². The number of hydrogen-bond acceptors (Lipinski definition) is 0. The van der Waals surface area contributed by atoms with Gasteiger partial charge in [-0.25, -0.2) is 0 Å². The van der Waals surface area contributed by atoms with Gasteiger partial charge in [0.1, 0.15) is 0 Å². The van der Waals surface area contributed by atoms with Crippen LogP contribution in [0.2, 0.25) is 0 Å². The Labute approximate surface area is 151 Å². The van der Waals surface area contributed by atoms with Crippen LogP contribution in [0.4, 0.5) is 0 Å². The summed E-state index contributed by atoms with van der Waals surface area (Å²) in [6.07, 6.45) is 1.09. The smallest absolute Gasteiger partial charge is 0 e. The Bertz CT molecular complexity index is 644. The van der Waals surface area contributed by atoms with Crippen molar-refractivity contribution in [2.24, 2.45) is 0 Å². The molecule has 0 unspecified atom stereocenters. The molecule has 0 saturated carbocycles. The minimum absolute atomic E-state index is 0. The van der Waals surface area contributed by atoms with E-state index in [1.165, 1.54) is 27.5 Å². The van der Waals surface area contributed by atoms with Gasteiger partial charge in [-0.2, -0.15) is 0 Å². The molecule has 0 aliphatic heterocycles. The molecule has 0 aliphatic rings. The standard InChI is InChI=1S/C17H15.2ClH.Zr/c1-2-13-12-17(14-8-4-3-5-9-14)16-11-7-6-10-15(13)16;;;/h3-12H,2H2,1H3;2*1H;/q-1;;;. The molecule has 0 aromatic heterocycles. The van der Waals surface area contributed by atoms with Crippen molar-refractivity contribution in [1.82, 2.24) is 0 Å². The Hall–Kier alpha value is -0.487. The average molecular weight is 383 g/mol. The number of hydrogen-bond donors (Lipinski definition) is 0. The summed E-state index contributed by atoms with van der Waals surface area (Å²) in [4.78, 5) is 0. The third-order valence-electron chi connectivity index (χ3n) is 3.35. The predicted octanol–water partition coefficient (Wildman–Crippen LogP) is 5.63. The van der Waals surface area contributed by atoms with Crippen molar-refractivity contribution in [2.75, 3.05) is 0 Å². The second-order valence-electron chi connectivity index (χ2n) is 4.35. The Morgan fingerprint density at radius 3 is 2.10 bits per heavy atom. The molecule has 0 aliphatic carbocycles. The summed E-state index contributed by atoms with van der Waals surface area (Å²) in [6.45, 7) is 2.22. The number of halogens is 2. The van der Waals surface area contributed by atoms with Gasteiger partial charge < -0.3 is 0 Å². The van der Waals surface area contributed by atoms with E-state index in [1.54, 1.807) is 0 Å². The van der Waals surface area contributed by atoms with Crippen LogP contribution in [0.1, 0.15) is 12.5 Å². The molecule has 0 atom stereocenters. The number of benzene rings is 2. The summed E-state index contributed by atoms with van der Waals surface area (Å²) in [5, 5.41) is 2.77. The van der Waals surface area contributed by atoms with Crippen molar-refractivity contribution in [1.29, 1.82) is 0 Å². The molecular weight excluding hydrogens is 366 g/mol. The van der Waals surface area contributed by atoms with E-state index in [1.807, 2.05) is 0 Å². The van der Waals surface area contributed by atoms with Crippen LogP contribution in [0.15, 0.2) is 60.7 Å². The summed E-state index contributed by atoms with van der Waals surface area (Å²) in [6, 6.07) is 21.6. The minimum atomic E-state index is 0. The molecule has 0 fully saturated rings. The van der Waals surface area contributed by atoms with Crippen molar-refractivity contribution in [3.8, 4) is 11.1 Å². The molecule has 0 N–H and O–H groups in total. The number of fused-ring (bicyclic) bond motifs is 1. The normalized spacial score (nSPS) is 9.25. The van der Waals surface area contributed by atoms with Crippen LogP contribution in [0.25, 0.3) is 21.9 Å². The van der Waals surface area contributed by atoms with Crippen LogP contribution in [-0.4, -0.2) is 0 Å². The van der Waals surface area contributed by atoms with Crippen molar-refractivity contribution in [3.05, 3.63) is 66.2 Å². The first kappa shape index (κ1) is 19.5. The Morgan fingerprint density at radius 1 is 0.850 bits per heavy atom. The van der Waals surface area contributed by atoms with Crippen LogP contribution >= 0.6 is 24.8 Å². The summed E-state index contributed by atoms with van der Waals surface area (Å²) in [5.41, 5.74) is 4.11. The van der Waals surface area contributed by atoms with E-state index >= 15 is 0 Å². The molecule has 0 nitrogen and oxygen atoms in total. The Morgan fingerprint density at radius 2 is 1.45 bits per heavy atom. The summed E-state index contributed by atoms with van der Waals surface area (Å²) < 4.78 is 0. The first-order valence-corrected chi connectivity index (χ1v) is 6.13. The molecule has 3 rings (SSSR count). The van der Waals surface area contributed by atoms with Gasteiger partial charge in [0.05, 0.1) is 0 Å². The van der Waals surface area contributed by atoms with E-state index in [0.717, 1.165) is 6.42 Å². The van der Waals surface area contributed by atoms with E-state index in [2.05, 4.69) is 67.6 Å². The summed E-state index contributed by atoms with van der Waals surface area (Å²) >= 11 is 0. The van der Waals surface area contributed by atoms with Gasteiger partial charge in [0.15, 0.2) is 0 Å². The van der Waals surface area contributed by atoms with Gasteiger partial charge in [0.25, 0.3) is 0 Å². The fourth-order valence-corrected chi connectivity index (χ4v) is 2.48. The number of aryl methyl sites for hydroxylation is 1. The maximum atomic E-state index is 2.33. The van der Waals surface area contributed by atoms with Gasteiger partial charge in [0.2, 0.25) is 0 Å². The molecule has 0 spiro atoms. The van der Waals surface area contributed by atoms with Crippen LogP contribution < -0.4 is 0 Å². The third kappa shape index (κ3) is 3.58. The molecule has 0 radical (unpaired) electrons. The minimum Gasteiger partial charge on any atom is -0.147 e. The van der Waals surface area contributed by atoms with Crippen LogP contribution in [0.5, 0.6) is 0 Å². The first-order valence-electron chi connectivity index (χ1n) is 6.13. The molecule has 3 aromatic rings. The maximum absolute atomic E-state index is 2.33. The summed E-state index contributed by atoms with van der Waals surface area (Å²) in [5.74, 6) is 0. The van der Waals surface area contributed by atoms with Gasteiger partial charge in [-0.05, 0) is 0 Å². The largest absolute Gasteiger partial charge is 0.147 e. The van der Waals surface area contributed by atoms with Crippen molar-refractivity contribution in [3.63, 3.8) is 0 Å². The van der Waals surface area contributed by atoms with E-state index in [-0.39, 0.29) is 51.0 Å². The van der Waals surface area contributed by atoms with Gasteiger partial charge in [-0.3, -0.25) is 0 Å². The first-order chi connectivity index (χ1) is 8.40. The van der Waals surface area contributed by atoms with Gasteiger partial charge in [-0.15, -0.1) is 71.0 Å². The van der Waals surface area contributed by atoms with E-state index < -0.39 is 0 Å². The fourth-order valence-electron chi connectivity index (χ4n) is 2.48. The van der Waals surface area contributed by atoms with Crippen LogP contribution in [0, 0.1) is 0 Å². The van der Waals surface area contributed by atoms with Gasteiger partial charge >= 0.3 is 0 Å². The second kappa shape index (κ2) is 8.72. The van der Waals surface area contributed by atoms with Crippen LogP contribution in [0.3, 0.4) is 0 Å². The molecular formula is C17H17Cl2Zr-. The second-order valence-corrected chi connectivity index (χ2v) is 4.35. The molecule has 0 saturated heterocycles. The van der Waals surface area contributed by atoms with Crippen molar-refractivity contribution in [2.45, 2.75) is 13.3 Å². The quantitative estimate of drug-likeness (QED) is 0.503. The van der Waals surface area contributed by atoms with E-state index in [0.29, 0.717) is 0 Å². The average Bonchev–Trinajstić information content (AvgIpc) is 2.78. The molecule has 0 amide bonds. The molecule has 3 heteroatoms. The fraction of sp³-hybridized carbons (Fsp3) is 0.118. The van der Waals surface area contributed by atoms with Crippen molar-refractivity contribution >= 4 is 35.6 Å².